The number of ether oxygens (including phenoxy) is 3. The Morgan fingerprint density at radius 3 is 2.00 bits per heavy atom. The minimum atomic E-state index is -0.427. The van der Waals surface area contributed by atoms with E-state index in [2.05, 4.69) is 30.1 Å². The van der Waals surface area contributed by atoms with Crippen LogP contribution in [-0.2, 0) is 14.2 Å². The Morgan fingerprint density at radius 1 is 0.933 bits per heavy atom. The molecule has 2 fully saturated rings. The first-order chi connectivity index (χ1) is 14.2. The van der Waals surface area contributed by atoms with Crippen LogP contribution in [0.5, 0.6) is 0 Å². The number of morpholine rings is 2. The average molecular weight is 437 g/mol. The van der Waals surface area contributed by atoms with Crippen molar-refractivity contribution in [3.05, 3.63) is 29.8 Å². The molecule has 0 amide bonds. The fraction of sp³-hybridized carbons (Fsp3) is 0.474. The molecule has 3 heterocycles. The predicted octanol–water partition coefficient (Wildman–Crippen LogP) is 1.50. The van der Waals surface area contributed by atoms with E-state index in [0.29, 0.717) is 81.7 Å². The third kappa shape index (κ3) is 5.07. The molecular formula is C19H25ClN6O4. The smallest absolute Gasteiger partial charge is 0.339 e. The highest BCUT2D eigenvalue weighted by molar-refractivity contribution is 5.96. The van der Waals surface area contributed by atoms with Crippen LogP contribution in [0.15, 0.2) is 24.3 Å². The van der Waals surface area contributed by atoms with Crippen LogP contribution >= 0.6 is 12.4 Å². The second kappa shape index (κ2) is 10.4. The number of carbonyl (C=O) groups is 1. The molecule has 2 aliphatic heterocycles. The van der Waals surface area contributed by atoms with Crippen molar-refractivity contribution in [2.45, 2.75) is 0 Å². The highest BCUT2D eigenvalue weighted by Crippen LogP contribution is 2.23. The molecular weight excluding hydrogens is 412 g/mol. The molecule has 30 heavy (non-hydrogen) atoms. The Morgan fingerprint density at radius 2 is 1.47 bits per heavy atom. The number of methoxy groups -OCH3 is 1. The van der Waals surface area contributed by atoms with Gasteiger partial charge in [-0.25, -0.2) is 4.79 Å². The van der Waals surface area contributed by atoms with Crippen molar-refractivity contribution in [3.8, 4) is 0 Å². The molecule has 0 saturated carbocycles. The number of hydrogen-bond donors (Lipinski definition) is 1. The van der Waals surface area contributed by atoms with Gasteiger partial charge in [0.25, 0.3) is 0 Å². The van der Waals surface area contributed by atoms with Crippen molar-refractivity contribution in [2.24, 2.45) is 0 Å². The summed E-state index contributed by atoms with van der Waals surface area (Å²) in [5, 5.41) is 3.17. The summed E-state index contributed by atoms with van der Waals surface area (Å²) >= 11 is 0. The van der Waals surface area contributed by atoms with Gasteiger partial charge in [0.1, 0.15) is 0 Å². The molecule has 11 heteroatoms. The first-order valence-electron chi connectivity index (χ1n) is 9.60. The Bertz CT molecular complexity index is 822. The van der Waals surface area contributed by atoms with E-state index < -0.39 is 5.97 Å². The second-order valence-corrected chi connectivity index (χ2v) is 6.62. The standard InChI is InChI=1S/C19H24N6O4.ClH/c1-27-16(26)14-4-2-3-5-15(14)20-17-21-18(24-6-10-28-11-7-24)23-19(22-17)25-8-12-29-13-9-25;/h2-5H,6-13H2,1H3,(H,20,21,22,23);1H. The SMILES string of the molecule is COC(=O)c1ccccc1Nc1nc(N2CCOCC2)nc(N2CCOCC2)n1.Cl. The number of esters is 1. The summed E-state index contributed by atoms with van der Waals surface area (Å²) < 4.78 is 15.8. The number of aromatic nitrogens is 3. The van der Waals surface area contributed by atoms with E-state index in [0.717, 1.165) is 0 Å². The van der Waals surface area contributed by atoms with Gasteiger partial charge in [-0.1, -0.05) is 12.1 Å². The van der Waals surface area contributed by atoms with Crippen molar-refractivity contribution < 1.29 is 19.0 Å². The molecule has 4 rings (SSSR count). The maximum absolute atomic E-state index is 12.1. The van der Waals surface area contributed by atoms with Gasteiger partial charge in [0.15, 0.2) is 0 Å². The Balaban J connectivity index is 0.00000256. The number of anilines is 4. The van der Waals surface area contributed by atoms with Crippen molar-refractivity contribution in [1.29, 1.82) is 0 Å². The van der Waals surface area contributed by atoms with E-state index in [9.17, 15) is 4.79 Å². The Hall–Kier alpha value is -2.69. The zero-order valence-electron chi connectivity index (χ0n) is 16.7. The first-order valence-corrected chi connectivity index (χ1v) is 9.60. The molecule has 0 atom stereocenters. The van der Waals surface area contributed by atoms with Crippen LogP contribution < -0.4 is 15.1 Å². The number of carbonyl (C=O) groups excluding carboxylic acids is 1. The lowest BCUT2D eigenvalue weighted by Gasteiger charge is -2.30. The lowest BCUT2D eigenvalue weighted by molar-refractivity contribution is 0.0602. The Kier molecular flexibility index (Phi) is 7.61. The number of nitrogens with zero attached hydrogens (tertiary/aromatic N) is 5. The summed E-state index contributed by atoms with van der Waals surface area (Å²) in [6.07, 6.45) is 0. The van der Waals surface area contributed by atoms with Crippen molar-refractivity contribution in [3.63, 3.8) is 0 Å². The molecule has 1 aromatic carbocycles. The van der Waals surface area contributed by atoms with Gasteiger partial charge in [-0.2, -0.15) is 15.0 Å². The molecule has 162 valence electrons. The van der Waals surface area contributed by atoms with Crippen LogP contribution in [-0.4, -0.2) is 80.6 Å². The van der Waals surface area contributed by atoms with Crippen LogP contribution in [0.2, 0.25) is 0 Å². The summed E-state index contributed by atoms with van der Waals surface area (Å²) in [6, 6.07) is 7.10. The van der Waals surface area contributed by atoms with Crippen LogP contribution in [0.25, 0.3) is 0 Å². The molecule has 0 spiro atoms. The largest absolute Gasteiger partial charge is 0.465 e. The zero-order valence-corrected chi connectivity index (χ0v) is 17.6. The maximum Gasteiger partial charge on any atom is 0.339 e. The zero-order chi connectivity index (χ0) is 20.1. The molecule has 0 radical (unpaired) electrons. The fourth-order valence-electron chi connectivity index (χ4n) is 3.22. The van der Waals surface area contributed by atoms with Gasteiger partial charge in [-0.3, -0.25) is 0 Å². The summed E-state index contributed by atoms with van der Waals surface area (Å²) in [5.74, 6) is 1.12. The summed E-state index contributed by atoms with van der Waals surface area (Å²) in [4.78, 5) is 30.1. The van der Waals surface area contributed by atoms with Gasteiger partial charge in [0, 0.05) is 26.2 Å². The minimum Gasteiger partial charge on any atom is -0.465 e. The summed E-state index contributed by atoms with van der Waals surface area (Å²) in [6.45, 7) is 5.38. The van der Waals surface area contributed by atoms with Crippen molar-refractivity contribution in [2.75, 3.05) is 74.8 Å². The number of hydrogen-bond acceptors (Lipinski definition) is 10. The van der Waals surface area contributed by atoms with Crippen LogP contribution in [0, 0.1) is 0 Å². The molecule has 0 unspecified atom stereocenters. The van der Waals surface area contributed by atoms with Crippen LogP contribution in [0.3, 0.4) is 0 Å². The van der Waals surface area contributed by atoms with E-state index in [1.54, 1.807) is 18.2 Å². The molecule has 1 N–H and O–H groups in total. The van der Waals surface area contributed by atoms with E-state index >= 15 is 0 Å². The fourth-order valence-corrected chi connectivity index (χ4v) is 3.22. The Labute approximate surface area is 181 Å². The lowest BCUT2D eigenvalue weighted by Crippen LogP contribution is -2.40. The molecule has 2 saturated heterocycles. The van der Waals surface area contributed by atoms with E-state index in [1.807, 2.05) is 6.07 Å². The predicted molar refractivity (Wildman–Crippen MR) is 114 cm³/mol. The third-order valence-electron chi connectivity index (χ3n) is 4.78. The van der Waals surface area contributed by atoms with Crippen LogP contribution in [0.4, 0.5) is 23.5 Å². The summed E-state index contributed by atoms with van der Waals surface area (Å²) in [5.41, 5.74) is 0.989. The topological polar surface area (TPSA) is 102 Å². The average Bonchev–Trinajstić information content (AvgIpc) is 2.80. The maximum atomic E-state index is 12.1. The quantitative estimate of drug-likeness (QED) is 0.693. The number of rotatable bonds is 5. The van der Waals surface area contributed by atoms with Gasteiger partial charge in [-0.15, -0.1) is 12.4 Å². The molecule has 10 nitrogen and oxygen atoms in total. The lowest BCUT2D eigenvalue weighted by atomic mass is 10.2. The number of halogens is 1. The molecule has 2 aromatic rings. The highest BCUT2D eigenvalue weighted by atomic mass is 35.5. The van der Waals surface area contributed by atoms with Crippen molar-refractivity contribution >= 4 is 41.9 Å². The first kappa shape index (κ1) is 22.0. The second-order valence-electron chi connectivity index (χ2n) is 6.62. The summed E-state index contributed by atoms with van der Waals surface area (Å²) in [7, 11) is 1.36. The van der Waals surface area contributed by atoms with Gasteiger partial charge in [0.2, 0.25) is 17.8 Å². The van der Waals surface area contributed by atoms with E-state index in [4.69, 9.17) is 14.2 Å². The van der Waals surface area contributed by atoms with Gasteiger partial charge < -0.3 is 29.3 Å². The van der Waals surface area contributed by atoms with Crippen molar-refractivity contribution in [1.82, 2.24) is 15.0 Å². The minimum absolute atomic E-state index is 0. The van der Waals surface area contributed by atoms with E-state index in [-0.39, 0.29) is 12.4 Å². The van der Waals surface area contributed by atoms with E-state index in [1.165, 1.54) is 7.11 Å². The number of para-hydroxylation sites is 1. The molecule has 2 aliphatic rings. The van der Waals surface area contributed by atoms with Gasteiger partial charge >= 0.3 is 5.97 Å². The van der Waals surface area contributed by atoms with Gasteiger partial charge in [0.05, 0.1) is 44.8 Å². The normalized spacial score (nSPS) is 16.6. The number of nitrogens with one attached hydrogen (secondary N) is 1. The number of benzene rings is 1. The molecule has 1 aromatic heterocycles. The molecule has 0 aliphatic carbocycles. The van der Waals surface area contributed by atoms with Gasteiger partial charge in [-0.05, 0) is 12.1 Å². The highest BCUT2D eigenvalue weighted by Gasteiger charge is 2.21. The van der Waals surface area contributed by atoms with Crippen LogP contribution in [0.1, 0.15) is 10.4 Å². The molecule has 0 bridgehead atoms. The monoisotopic (exact) mass is 436 g/mol. The third-order valence-corrected chi connectivity index (χ3v) is 4.78.